The van der Waals surface area contributed by atoms with Gasteiger partial charge in [-0.05, 0) is 32.0 Å². The third-order valence-corrected chi connectivity index (χ3v) is 3.62. The predicted molar refractivity (Wildman–Crippen MR) is 76.0 cm³/mol. The molecule has 0 N–H and O–H groups in total. The molecule has 100 valence electrons. The fourth-order valence-corrected chi connectivity index (χ4v) is 2.93. The van der Waals surface area contributed by atoms with Crippen LogP contribution in [0.1, 0.15) is 19.4 Å². The molecule has 1 aromatic carbocycles. The van der Waals surface area contributed by atoms with Gasteiger partial charge in [-0.3, -0.25) is 4.90 Å². The summed E-state index contributed by atoms with van der Waals surface area (Å²) in [5.74, 6) is 0.949. The summed E-state index contributed by atoms with van der Waals surface area (Å²) in [6, 6.07) is 6.14. The van der Waals surface area contributed by atoms with E-state index in [1.807, 2.05) is 12.1 Å². The molecule has 2 rings (SSSR count). The molecule has 1 aliphatic rings. The number of ether oxygens (including phenoxy) is 2. The molecule has 18 heavy (non-hydrogen) atoms. The molecule has 1 aromatic rings. The maximum absolute atomic E-state index is 5.75. The van der Waals surface area contributed by atoms with Crippen LogP contribution in [0.15, 0.2) is 22.7 Å². The second-order valence-corrected chi connectivity index (χ2v) is 5.82. The van der Waals surface area contributed by atoms with Gasteiger partial charge >= 0.3 is 0 Å². The highest BCUT2D eigenvalue weighted by atomic mass is 79.9. The Morgan fingerprint density at radius 1 is 1.33 bits per heavy atom. The first-order chi connectivity index (χ1) is 8.58. The second kappa shape index (κ2) is 6.04. The van der Waals surface area contributed by atoms with E-state index in [0.29, 0.717) is 12.2 Å². The van der Waals surface area contributed by atoms with E-state index in [2.05, 4.69) is 40.7 Å². The van der Waals surface area contributed by atoms with E-state index in [1.54, 1.807) is 7.11 Å². The Morgan fingerprint density at radius 2 is 2.00 bits per heavy atom. The molecule has 2 atom stereocenters. The van der Waals surface area contributed by atoms with Crippen molar-refractivity contribution in [1.29, 1.82) is 0 Å². The minimum atomic E-state index is 0.298. The number of morpholine rings is 1. The van der Waals surface area contributed by atoms with Crippen molar-refractivity contribution >= 4 is 15.9 Å². The Kier molecular flexibility index (Phi) is 4.65. The summed E-state index contributed by atoms with van der Waals surface area (Å²) in [4.78, 5) is 2.42. The zero-order chi connectivity index (χ0) is 13.1. The largest absolute Gasteiger partial charge is 0.496 e. The summed E-state index contributed by atoms with van der Waals surface area (Å²) in [7, 11) is 1.72. The highest BCUT2D eigenvalue weighted by molar-refractivity contribution is 9.10. The first-order valence-electron chi connectivity index (χ1n) is 6.28. The molecule has 0 aliphatic carbocycles. The monoisotopic (exact) mass is 313 g/mol. The average Bonchev–Trinajstić information content (AvgIpc) is 2.27. The molecule has 0 saturated carbocycles. The quantitative estimate of drug-likeness (QED) is 0.856. The van der Waals surface area contributed by atoms with Gasteiger partial charge in [-0.25, -0.2) is 0 Å². The van der Waals surface area contributed by atoms with E-state index in [4.69, 9.17) is 9.47 Å². The minimum absolute atomic E-state index is 0.298. The van der Waals surface area contributed by atoms with Gasteiger partial charge in [-0.2, -0.15) is 0 Å². The van der Waals surface area contributed by atoms with Crippen LogP contribution in [-0.2, 0) is 11.3 Å². The van der Waals surface area contributed by atoms with Crippen molar-refractivity contribution < 1.29 is 9.47 Å². The normalized spacial score (nSPS) is 25.1. The first kappa shape index (κ1) is 13.8. The van der Waals surface area contributed by atoms with Crippen LogP contribution in [0.2, 0.25) is 0 Å². The lowest BCUT2D eigenvalue weighted by molar-refractivity contribution is -0.0706. The van der Waals surface area contributed by atoms with Gasteiger partial charge in [0.15, 0.2) is 0 Å². The van der Waals surface area contributed by atoms with Gasteiger partial charge in [0.05, 0.1) is 19.3 Å². The molecule has 0 aromatic heterocycles. The molecule has 0 amide bonds. The Balaban J connectivity index is 2.10. The van der Waals surface area contributed by atoms with E-state index in [0.717, 1.165) is 29.9 Å². The average molecular weight is 314 g/mol. The van der Waals surface area contributed by atoms with Gasteiger partial charge in [-0.15, -0.1) is 0 Å². The van der Waals surface area contributed by atoms with E-state index in [1.165, 1.54) is 5.56 Å². The number of nitrogens with zero attached hydrogens (tertiary/aromatic N) is 1. The van der Waals surface area contributed by atoms with Crippen LogP contribution in [0.4, 0.5) is 0 Å². The van der Waals surface area contributed by atoms with Gasteiger partial charge in [-0.1, -0.05) is 15.9 Å². The molecule has 0 radical (unpaired) electrons. The van der Waals surface area contributed by atoms with Gasteiger partial charge in [0.2, 0.25) is 0 Å². The van der Waals surface area contributed by atoms with Gasteiger partial charge < -0.3 is 9.47 Å². The lowest BCUT2D eigenvalue weighted by atomic mass is 10.1. The van der Waals surface area contributed by atoms with Crippen LogP contribution in [0.5, 0.6) is 5.75 Å². The van der Waals surface area contributed by atoms with E-state index < -0.39 is 0 Å². The lowest BCUT2D eigenvalue weighted by Gasteiger charge is -2.35. The van der Waals surface area contributed by atoms with Crippen LogP contribution < -0.4 is 4.74 Å². The molecular weight excluding hydrogens is 294 g/mol. The molecule has 1 heterocycles. The highest BCUT2D eigenvalue weighted by Gasteiger charge is 2.22. The summed E-state index contributed by atoms with van der Waals surface area (Å²) in [6.45, 7) is 7.10. The molecular formula is C14H20BrNO2. The van der Waals surface area contributed by atoms with E-state index in [9.17, 15) is 0 Å². The molecule has 0 spiro atoms. The van der Waals surface area contributed by atoms with Gasteiger partial charge in [0.1, 0.15) is 5.75 Å². The SMILES string of the molecule is COc1ccc(Br)cc1CN1CC(C)OC(C)C1. The molecule has 4 heteroatoms. The van der Waals surface area contributed by atoms with Crippen LogP contribution in [0, 0.1) is 0 Å². The molecule has 2 unspecified atom stereocenters. The van der Waals surface area contributed by atoms with Crippen LogP contribution >= 0.6 is 15.9 Å². The Labute approximate surface area is 117 Å². The van der Waals surface area contributed by atoms with Crippen molar-refractivity contribution in [2.45, 2.75) is 32.6 Å². The number of halogens is 1. The lowest BCUT2D eigenvalue weighted by Crippen LogP contribution is -2.44. The molecule has 1 saturated heterocycles. The fourth-order valence-electron chi connectivity index (χ4n) is 2.53. The van der Waals surface area contributed by atoms with Gasteiger partial charge in [0.25, 0.3) is 0 Å². The van der Waals surface area contributed by atoms with E-state index in [-0.39, 0.29) is 0 Å². The summed E-state index contributed by atoms with van der Waals surface area (Å²) >= 11 is 3.52. The molecule has 1 fully saturated rings. The van der Waals surface area contributed by atoms with Crippen molar-refractivity contribution in [3.63, 3.8) is 0 Å². The maximum Gasteiger partial charge on any atom is 0.123 e. The zero-order valence-corrected chi connectivity index (χ0v) is 12.7. The molecule has 3 nitrogen and oxygen atoms in total. The first-order valence-corrected chi connectivity index (χ1v) is 7.08. The second-order valence-electron chi connectivity index (χ2n) is 4.91. The maximum atomic E-state index is 5.75. The van der Waals surface area contributed by atoms with E-state index >= 15 is 0 Å². The fraction of sp³-hybridized carbons (Fsp3) is 0.571. The Morgan fingerprint density at radius 3 is 2.61 bits per heavy atom. The van der Waals surface area contributed by atoms with Crippen LogP contribution in [0.3, 0.4) is 0 Å². The highest BCUT2D eigenvalue weighted by Crippen LogP contribution is 2.25. The van der Waals surface area contributed by atoms with Crippen molar-refractivity contribution in [2.75, 3.05) is 20.2 Å². The van der Waals surface area contributed by atoms with Crippen molar-refractivity contribution in [1.82, 2.24) is 4.90 Å². The number of rotatable bonds is 3. The number of benzene rings is 1. The number of hydrogen-bond acceptors (Lipinski definition) is 3. The molecule has 0 bridgehead atoms. The van der Waals surface area contributed by atoms with Crippen molar-refractivity contribution in [3.05, 3.63) is 28.2 Å². The predicted octanol–water partition coefficient (Wildman–Crippen LogP) is 3.07. The Hall–Kier alpha value is -0.580. The van der Waals surface area contributed by atoms with Gasteiger partial charge in [0, 0.05) is 29.7 Å². The number of methoxy groups -OCH3 is 1. The van der Waals surface area contributed by atoms with Crippen molar-refractivity contribution in [3.8, 4) is 5.75 Å². The summed E-state index contributed by atoms with van der Waals surface area (Å²) in [5, 5.41) is 0. The summed E-state index contributed by atoms with van der Waals surface area (Å²) in [5.41, 5.74) is 1.22. The third kappa shape index (κ3) is 3.46. The number of hydrogen-bond donors (Lipinski definition) is 0. The standard InChI is InChI=1S/C14H20BrNO2/c1-10-7-16(8-11(2)18-10)9-12-6-13(15)4-5-14(12)17-3/h4-6,10-11H,7-9H2,1-3H3. The van der Waals surface area contributed by atoms with Crippen LogP contribution in [-0.4, -0.2) is 37.3 Å². The summed E-state index contributed by atoms with van der Waals surface area (Å²) in [6.07, 6.45) is 0.596. The topological polar surface area (TPSA) is 21.7 Å². The molecule has 1 aliphatic heterocycles. The minimum Gasteiger partial charge on any atom is -0.496 e. The smallest absolute Gasteiger partial charge is 0.123 e. The zero-order valence-electron chi connectivity index (χ0n) is 11.1. The van der Waals surface area contributed by atoms with Crippen LogP contribution in [0.25, 0.3) is 0 Å². The third-order valence-electron chi connectivity index (χ3n) is 3.13. The van der Waals surface area contributed by atoms with Crippen molar-refractivity contribution in [2.24, 2.45) is 0 Å². The Bertz CT molecular complexity index is 401. The summed E-state index contributed by atoms with van der Waals surface area (Å²) < 4.78 is 12.3.